The van der Waals surface area contributed by atoms with Crippen molar-refractivity contribution in [2.75, 3.05) is 6.54 Å². The van der Waals surface area contributed by atoms with Gasteiger partial charge in [0.25, 0.3) is 11.6 Å². The Balaban J connectivity index is 2.92. The van der Waals surface area contributed by atoms with E-state index >= 15 is 0 Å². The third-order valence-electron chi connectivity index (χ3n) is 1.96. The van der Waals surface area contributed by atoms with Gasteiger partial charge in [0.15, 0.2) is 0 Å². The molecular weight excluding hydrogens is 248 g/mol. The van der Waals surface area contributed by atoms with Gasteiger partial charge >= 0.3 is 0 Å². The second-order valence-electron chi connectivity index (χ2n) is 3.48. The average Bonchev–Trinajstić information content (AvgIpc) is 2.26. The van der Waals surface area contributed by atoms with E-state index in [1.807, 2.05) is 0 Å². The fourth-order valence-electron chi connectivity index (χ4n) is 1.14. The number of nitro benzene ring substituents is 1. The smallest absolute Gasteiger partial charge is 0.270 e. The van der Waals surface area contributed by atoms with Crippen LogP contribution in [0.4, 0.5) is 5.69 Å². The Labute approximate surface area is 102 Å². The third kappa shape index (κ3) is 3.69. The summed E-state index contributed by atoms with van der Waals surface area (Å²) >= 11 is 5.77. The SMILES string of the molecule is C[C@H](O)CNC(=O)c1cc([N+](=O)[O-])ccc1Cl. The lowest BCUT2D eigenvalue weighted by molar-refractivity contribution is -0.384. The molecule has 0 radical (unpaired) electrons. The molecule has 0 bridgehead atoms. The predicted octanol–water partition coefficient (Wildman–Crippen LogP) is 1.36. The van der Waals surface area contributed by atoms with Crippen LogP contribution in [0.15, 0.2) is 18.2 Å². The molecule has 0 aliphatic carbocycles. The molecule has 1 amide bonds. The number of halogens is 1. The fourth-order valence-corrected chi connectivity index (χ4v) is 1.34. The summed E-state index contributed by atoms with van der Waals surface area (Å²) in [4.78, 5) is 21.6. The van der Waals surface area contributed by atoms with Crippen LogP contribution >= 0.6 is 11.6 Å². The number of aliphatic hydroxyl groups is 1. The molecule has 6 nitrogen and oxygen atoms in total. The number of nitro groups is 1. The van der Waals surface area contributed by atoms with Gasteiger partial charge < -0.3 is 10.4 Å². The van der Waals surface area contributed by atoms with Crippen molar-refractivity contribution < 1.29 is 14.8 Å². The molecule has 7 heteroatoms. The van der Waals surface area contributed by atoms with Crippen LogP contribution in [0.5, 0.6) is 0 Å². The van der Waals surface area contributed by atoms with Crippen LogP contribution in [0, 0.1) is 10.1 Å². The number of nitrogens with zero attached hydrogens (tertiary/aromatic N) is 1. The van der Waals surface area contributed by atoms with Crippen molar-refractivity contribution in [3.63, 3.8) is 0 Å². The summed E-state index contributed by atoms with van der Waals surface area (Å²) in [6.45, 7) is 1.56. The van der Waals surface area contributed by atoms with Gasteiger partial charge in [-0.3, -0.25) is 14.9 Å². The summed E-state index contributed by atoms with van der Waals surface area (Å²) in [5, 5.41) is 22.1. The van der Waals surface area contributed by atoms with E-state index in [4.69, 9.17) is 16.7 Å². The van der Waals surface area contributed by atoms with Gasteiger partial charge in [0.1, 0.15) is 0 Å². The van der Waals surface area contributed by atoms with Crippen LogP contribution in [0.25, 0.3) is 0 Å². The summed E-state index contributed by atoms with van der Waals surface area (Å²) in [6.07, 6.45) is -0.698. The standard InChI is InChI=1S/C10H11ClN2O4/c1-6(14)5-12-10(15)8-4-7(13(16)17)2-3-9(8)11/h2-4,6,14H,5H2,1H3,(H,12,15)/t6-/m0/s1. The van der Waals surface area contributed by atoms with Gasteiger partial charge in [-0.1, -0.05) is 11.6 Å². The van der Waals surface area contributed by atoms with Crippen LogP contribution in [-0.2, 0) is 0 Å². The van der Waals surface area contributed by atoms with Crippen LogP contribution < -0.4 is 5.32 Å². The number of amides is 1. The normalized spacial score (nSPS) is 11.9. The molecular formula is C10H11ClN2O4. The Kier molecular flexibility index (Phi) is 4.42. The second kappa shape index (κ2) is 5.60. The van der Waals surface area contributed by atoms with Gasteiger partial charge in [-0.25, -0.2) is 0 Å². The lowest BCUT2D eigenvalue weighted by Crippen LogP contribution is -2.30. The first-order valence-corrected chi connectivity index (χ1v) is 5.20. The van der Waals surface area contributed by atoms with E-state index in [2.05, 4.69) is 5.32 Å². The minimum Gasteiger partial charge on any atom is -0.392 e. The number of hydrogen-bond donors (Lipinski definition) is 2. The van der Waals surface area contributed by atoms with Gasteiger partial charge in [0.2, 0.25) is 0 Å². The molecule has 92 valence electrons. The van der Waals surface area contributed by atoms with Crippen molar-refractivity contribution in [2.24, 2.45) is 0 Å². The Morgan fingerprint density at radius 3 is 2.82 bits per heavy atom. The largest absolute Gasteiger partial charge is 0.392 e. The summed E-state index contributed by atoms with van der Waals surface area (Å²) in [7, 11) is 0. The number of carbonyl (C=O) groups is 1. The molecule has 0 spiro atoms. The average molecular weight is 259 g/mol. The summed E-state index contributed by atoms with van der Waals surface area (Å²) in [5.74, 6) is -0.556. The van der Waals surface area contributed by atoms with Crippen LogP contribution in [0.1, 0.15) is 17.3 Å². The van der Waals surface area contributed by atoms with E-state index in [9.17, 15) is 14.9 Å². The van der Waals surface area contributed by atoms with Crippen molar-refractivity contribution in [2.45, 2.75) is 13.0 Å². The molecule has 0 fully saturated rings. The Hall–Kier alpha value is -1.66. The summed E-state index contributed by atoms with van der Waals surface area (Å²) in [5.41, 5.74) is -0.196. The number of benzene rings is 1. The van der Waals surface area contributed by atoms with E-state index in [1.165, 1.54) is 19.1 Å². The zero-order valence-electron chi connectivity index (χ0n) is 9.01. The van der Waals surface area contributed by atoms with E-state index in [0.29, 0.717) is 0 Å². The van der Waals surface area contributed by atoms with E-state index < -0.39 is 16.9 Å². The molecule has 17 heavy (non-hydrogen) atoms. The molecule has 1 aromatic rings. The highest BCUT2D eigenvalue weighted by Crippen LogP contribution is 2.21. The van der Waals surface area contributed by atoms with Crippen LogP contribution in [0.2, 0.25) is 5.02 Å². The molecule has 1 rings (SSSR count). The monoisotopic (exact) mass is 258 g/mol. The Morgan fingerprint density at radius 2 is 2.29 bits per heavy atom. The number of hydrogen-bond acceptors (Lipinski definition) is 4. The van der Waals surface area contributed by atoms with Gasteiger partial charge in [0.05, 0.1) is 21.6 Å². The van der Waals surface area contributed by atoms with Crippen LogP contribution in [-0.4, -0.2) is 28.6 Å². The molecule has 2 N–H and O–H groups in total. The molecule has 0 heterocycles. The predicted molar refractivity (Wildman–Crippen MR) is 62.1 cm³/mol. The first-order valence-electron chi connectivity index (χ1n) is 4.82. The van der Waals surface area contributed by atoms with Crippen molar-refractivity contribution in [3.05, 3.63) is 38.9 Å². The van der Waals surface area contributed by atoms with E-state index in [1.54, 1.807) is 0 Å². The molecule has 1 atom stereocenters. The number of nitrogens with one attached hydrogen (secondary N) is 1. The van der Waals surface area contributed by atoms with Crippen molar-refractivity contribution >= 4 is 23.2 Å². The number of aliphatic hydroxyl groups excluding tert-OH is 1. The zero-order valence-corrected chi connectivity index (χ0v) is 9.77. The summed E-state index contributed by atoms with van der Waals surface area (Å²) in [6, 6.07) is 3.60. The van der Waals surface area contributed by atoms with Crippen molar-refractivity contribution in [1.29, 1.82) is 0 Å². The summed E-state index contributed by atoms with van der Waals surface area (Å²) < 4.78 is 0. The molecule has 0 aliphatic heterocycles. The first-order chi connectivity index (χ1) is 7.91. The first kappa shape index (κ1) is 13.4. The number of rotatable bonds is 4. The van der Waals surface area contributed by atoms with E-state index in [-0.39, 0.29) is 22.8 Å². The highest BCUT2D eigenvalue weighted by atomic mass is 35.5. The van der Waals surface area contributed by atoms with E-state index in [0.717, 1.165) is 6.07 Å². The minimum absolute atomic E-state index is 0.0153. The molecule has 0 unspecified atom stereocenters. The van der Waals surface area contributed by atoms with Gasteiger partial charge in [0, 0.05) is 18.7 Å². The topological polar surface area (TPSA) is 92.5 Å². The highest BCUT2D eigenvalue weighted by molar-refractivity contribution is 6.33. The molecule has 1 aromatic carbocycles. The molecule has 0 aromatic heterocycles. The van der Waals surface area contributed by atoms with Crippen molar-refractivity contribution in [3.8, 4) is 0 Å². The lowest BCUT2D eigenvalue weighted by atomic mass is 10.2. The van der Waals surface area contributed by atoms with Gasteiger partial charge in [-0.05, 0) is 13.0 Å². The van der Waals surface area contributed by atoms with Gasteiger partial charge in [-0.15, -0.1) is 0 Å². The number of carbonyl (C=O) groups excluding carboxylic acids is 1. The third-order valence-corrected chi connectivity index (χ3v) is 2.29. The Bertz CT molecular complexity index is 448. The Morgan fingerprint density at radius 1 is 1.65 bits per heavy atom. The maximum atomic E-state index is 11.6. The second-order valence-corrected chi connectivity index (χ2v) is 3.89. The maximum absolute atomic E-state index is 11.6. The zero-order chi connectivity index (χ0) is 13.0. The molecule has 0 aliphatic rings. The van der Waals surface area contributed by atoms with Crippen LogP contribution in [0.3, 0.4) is 0 Å². The van der Waals surface area contributed by atoms with Crippen molar-refractivity contribution in [1.82, 2.24) is 5.32 Å². The molecule has 0 saturated heterocycles. The molecule has 0 saturated carbocycles. The minimum atomic E-state index is -0.698. The quantitative estimate of drug-likeness (QED) is 0.630. The maximum Gasteiger partial charge on any atom is 0.270 e. The lowest BCUT2D eigenvalue weighted by Gasteiger charge is -2.08. The highest BCUT2D eigenvalue weighted by Gasteiger charge is 2.15. The fraction of sp³-hybridized carbons (Fsp3) is 0.300. The number of non-ortho nitro benzene ring substituents is 1. The van der Waals surface area contributed by atoms with Gasteiger partial charge in [-0.2, -0.15) is 0 Å².